The minimum Gasteiger partial charge on any atom is -0.477 e. The number of nitrogens with one attached hydrogen (secondary N) is 1. The van der Waals surface area contributed by atoms with Crippen molar-refractivity contribution < 1.29 is 19.5 Å². The van der Waals surface area contributed by atoms with Crippen molar-refractivity contribution >= 4 is 23.6 Å². The molecule has 2 N–H and O–H groups in total. The van der Waals surface area contributed by atoms with Crippen LogP contribution in [0.1, 0.15) is 0 Å². The van der Waals surface area contributed by atoms with Gasteiger partial charge < -0.3 is 10.0 Å². The van der Waals surface area contributed by atoms with Gasteiger partial charge in [0.2, 0.25) is 5.91 Å². The number of carboxylic acids is 1. The number of hydrogen-bond acceptors (Lipinski definition) is 4. The number of carboxylic acid groups (broad SMARTS) is 1. The molecule has 0 aromatic rings. The molecule has 0 bridgehead atoms. The van der Waals surface area contributed by atoms with Crippen molar-refractivity contribution in [3.8, 4) is 0 Å². The van der Waals surface area contributed by atoms with E-state index < -0.39 is 29.5 Å². The van der Waals surface area contributed by atoms with Crippen molar-refractivity contribution in [2.45, 2.75) is 0 Å². The van der Waals surface area contributed by atoms with Crippen LogP contribution in [0.15, 0.2) is 4.99 Å². The van der Waals surface area contributed by atoms with E-state index in [1.807, 2.05) is 5.32 Å². The van der Waals surface area contributed by atoms with Crippen LogP contribution >= 0.6 is 0 Å². The molecular weight excluding hydrogens is 202 g/mol. The van der Waals surface area contributed by atoms with Crippen LogP contribution in [0.4, 0.5) is 4.79 Å². The number of amides is 3. The zero-order valence-electron chi connectivity index (χ0n) is 8.35. The molecule has 0 aliphatic carbocycles. The van der Waals surface area contributed by atoms with E-state index in [4.69, 9.17) is 5.11 Å². The van der Waals surface area contributed by atoms with Gasteiger partial charge in [0.05, 0.1) is 0 Å². The number of nitrogens with zero attached hydrogens (tertiary/aromatic N) is 2. The first-order chi connectivity index (χ1) is 6.91. The average molecular weight is 213 g/mol. The minimum atomic E-state index is -1.34. The van der Waals surface area contributed by atoms with E-state index in [0.717, 1.165) is 0 Å². The normalized spacial score (nSPS) is 21.3. The SMILES string of the molecule is CN(C)CC1C(=O)NC(=O)N=C1C(=O)O. The summed E-state index contributed by atoms with van der Waals surface area (Å²) in [5.41, 5.74) is -0.405. The second kappa shape index (κ2) is 4.18. The summed E-state index contributed by atoms with van der Waals surface area (Å²) in [6, 6.07) is -0.924. The number of aliphatic imine (C=N–C) groups is 1. The number of hydrogen-bond donors (Lipinski definition) is 2. The number of rotatable bonds is 3. The van der Waals surface area contributed by atoms with Crippen molar-refractivity contribution in [1.82, 2.24) is 10.2 Å². The van der Waals surface area contributed by atoms with Gasteiger partial charge >= 0.3 is 12.0 Å². The van der Waals surface area contributed by atoms with Gasteiger partial charge in [-0.05, 0) is 14.1 Å². The number of carbonyl (C=O) groups is 3. The molecule has 15 heavy (non-hydrogen) atoms. The van der Waals surface area contributed by atoms with Gasteiger partial charge in [0.25, 0.3) is 0 Å². The molecule has 7 heteroatoms. The Bertz CT molecular complexity index is 348. The number of imide groups is 1. The lowest BCUT2D eigenvalue weighted by molar-refractivity contribution is -0.131. The third-order valence-corrected chi connectivity index (χ3v) is 1.87. The summed E-state index contributed by atoms with van der Waals surface area (Å²) < 4.78 is 0. The third kappa shape index (κ3) is 2.59. The van der Waals surface area contributed by atoms with E-state index in [1.54, 1.807) is 19.0 Å². The lowest BCUT2D eigenvalue weighted by Crippen LogP contribution is -2.49. The van der Waals surface area contributed by atoms with Gasteiger partial charge in [-0.15, -0.1) is 0 Å². The zero-order valence-corrected chi connectivity index (χ0v) is 8.35. The molecule has 1 unspecified atom stereocenters. The van der Waals surface area contributed by atoms with Gasteiger partial charge in [-0.1, -0.05) is 0 Å². The molecule has 3 amide bonds. The van der Waals surface area contributed by atoms with Crippen LogP contribution in [0.5, 0.6) is 0 Å². The summed E-state index contributed by atoms with van der Waals surface area (Å²) in [5, 5.41) is 10.7. The number of carbonyl (C=O) groups excluding carboxylic acids is 2. The predicted octanol–water partition coefficient (Wildman–Crippen LogP) is -1.06. The Morgan fingerprint density at radius 3 is 2.60 bits per heavy atom. The van der Waals surface area contributed by atoms with E-state index in [1.165, 1.54) is 0 Å². The smallest absolute Gasteiger partial charge is 0.351 e. The Hall–Kier alpha value is -1.76. The van der Waals surface area contributed by atoms with Crippen molar-refractivity contribution in [2.75, 3.05) is 20.6 Å². The molecule has 1 aliphatic rings. The monoisotopic (exact) mass is 213 g/mol. The summed E-state index contributed by atoms with van der Waals surface area (Å²) in [7, 11) is 3.40. The summed E-state index contributed by atoms with van der Waals surface area (Å²) in [6.45, 7) is 0.199. The highest BCUT2D eigenvalue weighted by Crippen LogP contribution is 2.08. The molecular formula is C8H11N3O4. The Kier molecular flexibility index (Phi) is 3.15. The van der Waals surface area contributed by atoms with Crippen molar-refractivity contribution in [1.29, 1.82) is 0 Å². The first kappa shape index (κ1) is 11.3. The fourth-order valence-corrected chi connectivity index (χ4v) is 1.26. The Morgan fingerprint density at radius 2 is 2.13 bits per heavy atom. The summed E-state index contributed by atoms with van der Waals surface area (Å²) in [6.07, 6.45) is 0. The first-order valence-electron chi connectivity index (χ1n) is 4.23. The van der Waals surface area contributed by atoms with Crippen molar-refractivity contribution in [3.05, 3.63) is 0 Å². The predicted molar refractivity (Wildman–Crippen MR) is 50.7 cm³/mol. The van der Waals surface area contributed by atoms with Gasteiger partial charge in [0, 0.05) is 6.54 Å². The highest BCUT2D eigenvalue weighted by atomic mass is 16.4. The summed E-state index contributed by atoms with van der Waals surface area (Å²) in [4.78, 5) is 37.9. The van der Waals surface area contributed by atoms with E-state index in [9.17, 15) is 14.4 Å². The maximum absolute atomic E-state index is 11.4. The molecule has 0 saturated heterocycles. The quantitative estimate of drug-likeness (QED) is 0.622. The van der Waals surface area contributed by atoms with Crippen LogP contribution < -0.4 is 5.32 Å². The molecule has 1 aliphatic heterocycles. The van der Waals surface area contributed by atoms with Gasteiger partial charge in [-0.25, -0.2) is 9.59 Å². The maximum atomic E-state index is 11.4. The molecule has 0 fully saturated rings. The first-order valence-corrected chi connectivity index (χ1v) is 4.23. The largest absolute Gasteiger partial charge is 0.477 e. The lowest BCUT2D eigenvalue weighted by atomic mass is 10.0. The third-order valence-electron chi connectivity index (χ3n) is 1.87. The van der Waals surface area contributed by atoms with E-state index in [0.29, 0.717) is 0 Å². The fourth-order valence-electron chi connectivity index (χ4n) is 1.26. The van der Waals surface area contributed by atoms with Crippen LogP contribution in [0.2, 0.25) is 0 Å². The highest BCUT2D eigenvalue weighted by molar-refractivity contribution is 6.43. The topological polar surface area (TPSA) is 99.1 Å². The molecule has 7 nitrogen and oxygen atoms in total. The standard InChI is InChI=1S/C8H11N3O4/c1-11(2)3-4-5(7(13)14)9-8(15)10-6(4)12/h4H,3H2,1-2H3,(H,13,14)(H,10,12,15). The molecule has 1 rings (SSSR count). The molecule has 1 heterocycles. The molecule has 0 aromatic heterocycles. The van der Waals surface area contributed by atoms with Gasteiger partial charge in [0.15, 0.2) is 0 Å². The minimum absolute atomic E-state index is 0.199. The van der Waals surface area contributed by atoms with Crippen LogP contribution in [0.3, 0.4) is 0 Å². The molecule has 1 atom stereocenters. The van der Waals surface area contributed by atoms with Crippen molar-refractivity contribution in [3.63, 3.8) is 0 Å². The van der Waals surface area contributed by atoms with Crippen LogP contribution in [0, 0.1) is 5.92 Å². The zero-order chi connectivity index (χ0) is 11.6. The Morgan fingerprint density at radius 1 is 1.53 bits per heavy atom. The van der Waals surface area contributed by atoms with E-state index in [-0.39, 0.29) is 6.54 Å². The fraction of sp³-hybridized carbons (Fsp3) is 0.500. The molecule has 0 radical (unpaired) electrons. The molecule has 0 spiro atoms. The lowest BCUT2D eigenvalue weighted by Gasteiger charge is -2.22. The summed E-state index contributed by atoms with van der Waals surface area (Å²) >= 11 is 0. The number of urea groups is 1. The van der Waals surface area contributed by atoms with Gasteiger partial charge in [-0.3, -0.25) is 10.1 Å². The second-order valence-corrected chi connectivity index (χ2v) is 3.41. The van der Waals surface area contributed by atoms with E-state index in [2.05, 4.69) is 4.99 Å². The molecule has 0 aromatic carbocycles. The average Bonchev–Trinajstić information content (AvgIpc) is 2.08. The van der Waals surface area contributed by atoms with Gasteiger partial charge in [0.1, 0.15) is 11.6 Å². The Labute approximate surface area is 85.8 Å². The van der Waals surface area contributed by atoms with E-state index >= 15 is 0 Å². The molecule has 82 valence electrons. The maximum Gasteiger partial charge on any atom is 0.351 e. The van der Waals surface area contributed by atoms with Crippen LogP contribution in [-0.4, -0.2) is 54.3 Å². The van der Waals surface area contributed by atoms with Crippen LogP contribution in [0.25, 0.3) is 0 Å². The van der Waals surface area contributed by atoms with Crippen LogP contribution in [-0.2, 0) is 9.59 Å². The van der Waals surface area contributed by atoms with Gasteiger partial charge in [-0.2, -0.15) is 4.99 Å². The second-order valence-electron chi connectivity index (χ2n) is 3.41. The molecule has 0 saturated carbocycles. The van der Waals surface area contributed by atoms with Crippen molar-refractivity contribution in [2.24, 2.45) is 10.9 Å². The Balaban J connectivity index is 2.99. The summed E-state index contributed by atoms with van der Waals surface area (Å²) in [5.74, 6) is -2.87. The highest BCUT2D eigenvalue weighted by Gasteiger charge is 2.35. The number of aliphatic carboxylic acids is 1.